The number of fused-ring (bicyclic) bond motifs is 1. The topological polar surface area (TPSA) is 49.0 Å². The van der Waals surface area contributed by atoms with Crippen molar-refractivity contribution in [1.82, 2.24) is 4.57 Å². The molecular weight excluding hydrogens is 350 g/mol. The van der Waals surface area contributed by atoms with Crippen LogP contribution in [0.5, 0.6) is 0 Å². The van der Waals surface area contributed by atoms with Crippen molar-refractivity contribution in [3.8, 4) is 11.8 Å². The molecule has 0 saturated heterocycles. The van der Waals surface area contributed by atoms with Crippen molar-refractivity contribution < 1.29 is 32.8 Å². The Morgan fingerprint density at radius 2 is 2.04 bits per heavy atom. The number of rotatable bonds is 1. The molecule has 0 unspecified atom stereocenters. The molecule has 0 aliphatic heterocycles. The van der Waals surface area contributed by atoms with Crippen LogP contribution in [0.2, 0.25) is 0 Å². The number of hydrogen-bond acceptors (Lipinski definition) is 2. The molecule has 0 bridgehead atoms. The van der Waals surface area contributed by atoms with Crippen LogP contribution >= 0.6 is 0 Å². The largest absolute Gasteiger partial charge is 0.418 e. The molecule has 9 heteroatoms. The van der Waals surface area contributed by atoms with Gasteiger partial charge in [-0.3, -0.25) is 0 Å². The van der Waals surface area contributed by atoms with E-state index >= 15 is 0 Å². The summed E-state index contributed by atoms with van der Waals surface area (Å²) in [7, 11) is 0. The Hall–Kier alpha value is -2.47. The highest BCUT2D eigenvalue weighted by Crippen LogP contribution is 2.48. The van der Waals surface area contributed by atoms with Crippen molar-refractivity contribution in [2.45, 2.75) is 31.0 Å². The van der Waals surface area contributed by atoms with E-state index in [0.717, 1.165) is 22.8 Å². The minimum Gasteiger partial charge on any atom is -0.382 e. The number of hydrogen-bond donors (Lipinski definition) is 1. The molecule has 3 rings (SSSR count). The Balaban J connectivity index is 2.32. The maximum absolute atomic E-state index is 13.9. The number of aromatic nitrogens is 1. The van der Waals surface area contributed by atoms with Crippen molar-refractivity contribution in [2.75, 3.05) is 0 Å². The second-order valence-corrected chi connectivity index (χ2v) is 5.56. The smallest absolute Gasteiger partial charge is 0.382 e. The lowest BCUT2D eigenvalue weighted by atomic mass is 9.89. The number of aliphatic hydroxyl groups is 1. The number of halogens is 6. The summed E-state index contributed by atoms with van der Waals surface area (Å²) >= 11 is 0. The molecule has 25 heavy (non-hydrogen) atoms. The molecular formula is C16H10F6N2O. The highest BCUT2D eigenvalue weighted by atomic mass is 19.4. The van der Waals surface area contributed by atoms with Crippen molar-refractivity contribution in [2.24, 2.45) is 0 Å². The van der Waals surface area contributed by atoms with Gasteiger partial charge in [-0.15, -0.1) is 0 Å². The maximum Gasteiger partial charge on any atom is 0.418 e. The molecule has 1 aliphatic rings. The SMILES string of the molecule is [2H][C@]1(O)c2c(C(F)(F)F)cn(-c3ccc(F)c(C#N)c3)c2CCC1(F)F. The molecule has 1 atom stereocenters. The Morgan fingerprint density at radius 1 is 1.36 bits per heavy atom. The van der Waals surface area contributed by atoms with E-state index in [4.69, 9.17) is 6.63 Å². The minimum absolute atomic E-state index is 0.0734. The first kappa shape index (κ1) is 16.0. The van der Waals surface area contributed by atoms with Gasteiger partial charge in [-0.25, -0.2) is 13.2 Å². The van der Waals surface area contributed by atoms with Crippen molar-refractivity contribution in [1.29, 1.82) is 5.26 Å². The van der Waals surface area contributed by atoms with Crippen LogP contribution in [-0.4, -0.2) is 15.6 Å². The van der Waals surface area contributed by atoms with E-state index in [0.29, 0.717) is 6.20 Å². The maximum atomic E-state index is 13.9. The molecule has 0 fully saturated rings. The van der Waals surface area contributed by atoms with Gasteiger partial charge in [-0.2, -0.15) is 18.4 Å². The summed E-state index contributed by atoms with van der Waals surface area (Å²) in [5.74, 6) is -4.97. The van der Waals surface area contributed by atoms with Crippen molar-refractivity contribution >= 4 is 0 Å². The van der Waals surface area contributed by atoms with Gasteiger partial charge in [0.15, 0.2) is 0 Å². The lowest BCUT2D eigenvalue weighted by molar-refractivity contribution is -0.147. The predicted octanol–water partition coefficient (Wildman–Crippen LogP) is 4.12. The van der Waals surface area contributed by atoms with Crippen molar-refractivity contribution in [3.63, 3.8) is 0 Å². The molecule has 132 valence electrons. The third-order valence-corrected chi connectivity index (χ3v) is 4.02. The number of nitriles is 1. The van der Waals surface area contributed by atoms with E-state index in [1.165, 1.54) is 6.07 Å². The van der Waals surface area contributed by atoms with Crippen LogP contribution in [0.3, 0.4) is 0 Å². The quantitative estimate of drug-likeness (QED) is 0.777. The van der Waals surface area contributed by atoms with Crippen LogP contribution in [0, 0.1) is 17.1 Å². The minimum atomic E-state index is -5.10. The van der Waals surface area contributed by atoms with Crippen LogP contribution in [0.25, 0.3) is 5.69 Å². The monoisotopic (exact) mass is 361 g/mol. The van der Waals surface area contributed by atoms with Gasteiger partial charge in [0.1, 0.15) is 18.0 Å². The summed E-state index contributed by atoms with van der Waals surface area (Å²) in [6.45, 7) is 0. The molecule has 1 aliphatic carbocycles. The Morgan fingerprint density at radius 3 is 2.64 bits per heavy atom. The van der Waals surface area contributed by atoms with E-state index in [9.17, 15) is 31.4 Å². The van der Waals surface area contributed by atoms with Crippen LogP contribution < -0.4 is 0 Å². The number of benzene rings is 1. The third-order valence-electron chi connectivity index (χ3n) is 4.02. The molecule has 1 heterocycles. The zero-order chi connectivity index (χ0) is 19.5. The Labute approximate surface area is 139 Å². The van der Waals surface area contributed by atoms with Gasteiger partial charge in [-0.1, -0.05) is 0 Å². The van der Waals surface area contributed by atoms with E-state index in [1.54, 1.807) is 0 Å². The first-order valence-corrected chi connectivity index (χ1v) is 7.02. The standard InChI is InChI=1S/C16H10F6N2O/c17-11-2-1-9(5-8(11)6-23)24-7-10(16(20,21)22)13-12(24)3-4-15(18,19)14(13)25/h1-2,5,7,14,25H,3-4H2/t14-/m0/s1/i14D. The second kappa shape index (κ2) is 5.52. The summed E-state index contributed by atoms with van der Waals surface area (Å²) < 4.78 is 89.7. The molecule has 3 nitrogen and oxygen atoms in total. The summed E-state index contributed by atoms with van der Waals surface area (Å²) in [6, 6.07) is 4.43. The van der Waals surface area contributed by atoms with E-state index in [-0.39, 0.29) is 11.4 Å². The molecule has 0 spiro atoms. The van der Waals surface area contributed by atoms with Crippen molar-refractivity contribution in [3.05, 3.63) is 52.6 Å². The molecule has 1 N–H and O–H groups in total. The number of alkyl halides is 5. The first-order chi connectivity index (χ1) is 11.9. The van der Waals surface area contributed by atoms with Gasteiger partial charge >= 0.3 is 6.18 Å². The van der Waals surface area contributed by atoms with E-state index in [1.807, 2.05) is 0 Å². The Bertz CT molecular complexity index is 926. The average molecular weight is 361 g/mol. The van der Waals surface area contributed by atoms with Crippen LogP contribution in [0.4, 0.5) is 26.3 Å². The summed E-state index contributed by atoms with van der Waals surface area (Å²) in [4.78, 5) is 0. The van der Waals surface area contributed by atoms with E-state index < -0.39 is 53.5 Å². The van der Waals surface area contributed by atoms with Gasteiger partial charge < -0.3 is 9.67 Å². The van der Waals surface area contributed by atoms with Crippen LogP contribution in [-0.2, 0) is 12.6 Å². The third kappa shape index (κ3) is 2.76. The van der Waals surface area contributed by atoms with Gasteiger partial charge in [0.05, 0.1) is 12.5 Å². The first-order valence-electron chi connectivity index (χ1n) is 7.52. The average Bonchev–Trinajstić information content (AvgIpc) is 2.93. The highest BCUT2D eigenvalue weighted by molar-refractivity contribution is 5.49. The van der Waals surface area contributed by atoms with Crippen LogP contribution in [0.1, 0.15) is 36.3 Å². The van der Waals surface area contributed by atoms with E-state index in [2.05, 4.69) is 0 Å². The van der Waals surface area contributed by atoms with Gasteiger partial charge in [0.25, 0.3) is 5.92 Å². The molecule has 0 amide bonds. The molecule has 0 radical (unpaired) electrons. The number of nitrogens with zero attached hydrogens (tertiary/aromatic N) is 2. The highest BCUT2D eigenvalue weighted by Gasteiger charge is 2.50. The summed E-state index contributed by atoms with van der Waals surface area (Å²) in [5, 5.41) is 18.8. The normalized spacial score (nSPS) is 22.9. The zero-order valence-corrected chi connectivity index (χ0v) is 12.3. The fourth-order valence-electron chi connectivity index (χ4n) is 2.83. The fourth-order valence-corrected chi connectivity index (χ4v) is 2.83. The fraction of sp³-hybridized carbons (Fsp3) is 0.312. The molecule has 0 saturated carbocycles. The Kier molecular flexibility index (Phi) is 3.54. The van der Waals surface area contributed by atoms with Gasteiger partial charge in [0.2, 0.25) is 0 Å². The lowest BCUT2D eigenvalue weighted by Crippen LogP contribution is -2.33. The van der Waals surface area contributed by atoms with Crippen LogP contribution in [0.15, 0.2) is 24.4 Å². The summed E-state index contributed by atoms with van der Waals surface area (Å²) in [5.41, 5.74) is -3.66. The molecule has 2 aromatic rings. The lowest BCUT2D eigenvalue weighted by Gasteiger charge is -2.29. The van der Waals surface area contributed by atoms with Gasteiger partial charge in [-0.05, 0) is 24.6 Å². The summed E-state index contributed by atoms with van der Waals surface area (Å²) in [6.07, 6.45) is -9.98. The molecule has 1 aromatic heterocycles. The predicted molar refractivity (Wildman–Crippen MR) is 73.7 cm³/mol. The van der Waals surface area contributed by atoms with Gasteiger partial charge in [0, 0.05) is 29.6 Å². The zero-order valence-electron chi connectivity index (χ0n) is 13.3. The second-order valence-electron chi connectivity index (χ2n) is 5.56. The molecule has 1 aromatic carbocycles.